The first-order valence-electron chi connectivity index (χ1n) is 25.0. The summed E-state index contributed by atoms with van der Waals surface area (Å²) in [6.45, 7) is 2.44. The maximum absolute atomic E-state index is 10.4. The number of unbranched alkanes of at least 4 members (excludes halogenated alkanes) is 47. The highest BCUT2D eigenvalue weighted by Crippen LogP contribution is 2.18. The molecule has 0 saturated carbocycles. The second-order valence-corrected chi connectivity index (χ2v) is 17.3. The number of hydrogen-bond acceptors (Lipinski definition) is 0. The summed E-state index contributed by atoms with van der Waals surface area (Å²) in [5, 5.41) is 10.4. The van der Waals surface area contributed by atoms with Crippen molar-refractivity contribution in [2.45, 2.75) is 315 Å². The second kappa shape index (κ2) is 50.0. The van der Waals surface area contributed by atoms with Crippen molar-refractivity contribution in [3.8, 4) is 0 Å². The van der Waals surface area contributed by atoms with Crippen LogP contribution >= 0.6 is 0 Å². The minimum Gasteiger partial charge on any atom is -0.237 e. The van der Waals surface area contributed by atoms with Crippen molar-refractivity contribution in [3.05, 3.63) is 0 Å². The highest BCUT2D eigenvalue weighted by atomic mass is 16.2. The Morgan fingerprint density at radius 3 is 0.353 bits per heavy atom. The van der Waals surface area contributed by atoms with Gasteiger partial charge in [0.2, 0.25) is 0 Å². The van der Waals surface area contributed by atoms with Crippen LogP contribution in [0.4, 0.5) is 0 Å². The molecule has 0 heterocycles. The van der Waals surface area contributed by atoms with Gasteiger partial charge < -0.3 is 0 Å². The van der Waals surface area contributed by atoms with E-state index in [0.29, 0.717) is 0 Å². The Balaban J connectivity index is 3.04. The molecule has 0 bridgehead atoms. The van der Waals surface area contributed by atoms with Gasteiger partial charge in [0.1, 0.15) is 0 Å². The molecule has 0 N–H and O–H groups in total. The maximum Gasteiger partial charge on any atom is 0.0822 e. The van der Waals surface area contributed by atoms with Crippen LogP contribution in [-0.2, 0) is 5.11 Å². The van der Waals surface area contributed by atoms with E-state index in [4.69, 9.17) is 0 Å². The van der Waals surface area contributed by atoms with Gasteiger partial charge in [0.15, 0.2) is 0 Å². The van der Waals surface area contributed by atoms with Gasteiger partial charge in [0.05, 0.1) is 6.61 Å². The Hall–Kier alpha value is -0.0400. The zero-order chi connectivity index (χ0) is 36.6. The van der Waals surface area contributed by atoms with E-state index in [-0.39, 0.29) is 6.61 Å². The van der Waals surface area contributed by atoms with Gasteiger partial charge in [-0.3, -0.25) is 0 Å². The molecule has 0 unspecified atom stereocenters. The van der Waals surface area contributed by atoms with Crippen molar-refractivity contribution in [2.75, 3.05) is 6.61 Å². The summed E-state index contributed by atoms with van der Waals surface area (Å²) in [6, 6.07) is 0. The van der Waals surface area contributed by atoms with Gasteiger partial charge >= 0.3 is 0 Å². The molecule has 1 nitrogen and oxygen atoms in total. The number of rotatable bonds is 48. The van der Waals surface area contributed by atoms with Gasteiger partial charge in [-0.15, -0.1) is 0 Å². The van der Waals surface area contributed by atoms with Crippen LogP contribution in [0.3, 0.4) is 0 Å². The Bertz CT molecular complexity index is 509. The number of hydrogen-bond donors (Lipinski definition) is 0. The topological polar surface area (TPSA) is 19.9 Å². The monoisotopic (exact) mass is 718 g/mol. The Morgan fingerprint density at radius 2 is 0.255 bits per heavy atom. The molecule has 0 aliphatic carbocycles. The van der Waals surface area contributed by atoms with Crippen LogP contribution in [0.5, 0.6) is 0 Å². The third kappa shape index (κ3) is 50.0. The van der Waals surface area contributed by atoms with Crippen molar-refractivity contribution in [1.29, 1.82) is 0 Å². The molecule has 0 fully saturated rings. The van der Waals surface area contributed by atoms with Crippen LogP contribution in [0, 0.1) is 0 Å². The van der Waals surface area contributed by atoms with Crippen LogP contribution in [0.1, 0.15) is 315 Å². The largest absolute Gasteiger partial charge is 0.237 e. The normalized spacial score (nSPS) is 11.6. The van der Waals surface area contributed by atoms with Gasteiger partial charge in [-0.1, -0.05) is 309 Å². The van der Waals surface area contributed by atoms with Gasteiger partial charge in [-0.25, -0.2) is 5.11 Å². The fourth-order valence-corrected chi connectivity index (χ4v) is 8.31. The zero-order valence-electron chi connectivity index (χ0n) is 36.1. The fraction of sp³-hybridized carbons (Fsp3) is 1.00. The molecule has 1 radical (unpaired) electrons. The molecular weight excluding hydrogens is 617 g/mol. The molecule has 307 valence electrons. The molecule has 0 saturated heterocycles. The van der Waals surface area contributed by atoms with E-state index in [9.17, 15) is 5.11 Å². The van der Waals surface area contributed by atoms with Crippen LogP contribution in [0.2, 0.25) is 0 Å². The highest BCUT2D eigenvalue weighted by molar-refractivity contribution is 4.54. The van der Waals surface area contributed by atoms with Gasteiger partial charge in [-0.05, 0) is 6.42 Å². The standard InChI is InChI=1S/C50H101O/c1-2-3-4-5-6-7-8-9-10-11-12-13-14-15-16-17-18-19-20-21-22-23-24-25-26-27-28-29-30-31-32-33-34-35-36-37-38-39-40-41-42-43-44-45-46-47-48-49-50-51/h2-50H2,1H3. The van der Waals surface area contributed by atoms with Crippen molar-refractivity contribution >= 4 is 0 Å². The Morgan fingerprint density at radius 1 is 0.157 bits per heavy atom. The molecule has 0 atom stereocenters. The summed E-state index contributed by atoms with van der Waals surface area (Å²) in [5.74, 6) is 0. The molecule has 0 spiro atoms. The van der Waals surface area contributed by atoms with Crippen LogP contribution in [-0.4, -0.2) is 6.61 Å². The molecule has 0 aromatic heterocycles. The lowest BCUT2D eigenvalue weighted by molar-refractivity contribution is 0.186. The SMILES string of the molecule is CCCCCCCCCCCCCCCCCCCCCCCCCCCCCCCCCCCCCCCCCCCCCCCCCC[O]. The summed E-state index contributed by atoms with van der Waals surface area (Å²) < 4.78 is 0. The molecule has 51 heavy (non-hydrogen) atoms. The minimum atomic E-state index is 0.125. The Labute approximate surface area is 325 Å². The second-order valence-electron chi connectivity index (χ2n) is 17.3. The Kier molecular flexibility index (Phi) is 49.9. The van der Waals surface area contributed by atoms with E-state index in [1.165, 1.54) is 295 Å². The smallest absolute Gasteiger partial charge is 0.0822 e. The predicted octanol–water partition coefficient (Wildman–Crippen LogP) is 19.2. The molecule has 0 rings (SSSR count). The molecule has 0 aliphatic rings. The molecule has 1 heteroatoms. The van der Waals surface area contributed by atoms with Crippen LogP contribution in [0.15, 0.2) is 0 Å². The maximum atomic E-state index is 10.4. The van der Waals surface area contributed by atoms with Crippen molar-refractivity contribution in [3.63, 3.8) is 0 Å². The van der Waals surface area contributed by atoms with E-state index in [0.717, 1.165) is 12.8 Å². The summed E-state index contributed by atoms with van der Waals surface area (Å²) in [7, 11) is 0. The van der Waals surface area contributed by atoms with Crippen LogP contribution in [0.25, 0.3) is 0 Å². The predicted molar refractivity (Wildman–Crippen MR) is 233 cm³/mol. The van der Waals surface area contributed by atoms with E-state index < -0.39 is 0 Å². The van der Waals surface area contributed by atoms with Crippen molar-refractivity contribution in [2.24, 2.45) is 0 Å². The summed E-state index contributed by atoms with van der Waals surface area (Å²) >= 11 is 0. The van der Waals surface area contributed by atoms with Gasteiger partial charge in [0.25, 0.3) is 0 Å². The molecule has 0 amide bonds. The van der Waals surface area contributed by atoms with Gasteiger partial charge in [-0.2, -0.15) is 0 Å². The third-order valence-corrected chi connectivity index (χ3v) is 12.0. The summed E-state index contributed by atoms with van der Waals surface area (Å²) in [4.78, 5) is 0. The lowest BCUT2D eigenvalue weighted by Gasteiger charge is -2.05. The average Bonchev–Trinajstić information content (AvgIpc) is 3.14. The quantitative estimate of drug-likeness (QED) is 0.0559. The first kappa shape index (κ1) is 51.0. The van der Waals surface area contributed by atoms with Crippen molar-refractivity contribution in [1.82, 2.24) is 0 Å². The molecule has 0 aromatic carbocycles. The van der Waals surface area contributed by atoms with E-state index >= 15 is 0 Å². The summed E-state index contributed by atoms with van der Waals surface area (Å²) in [6.07, 6.45) is 69.6. The molecular formula is C50H101O. The van der Waals surface area contributed by atoms with Gasteiger partial charge in [0, 0.05) is 0 Å². The first-order valence-corrected chi connectivity index (χ1v) is 25.0. The highest BCUT2D eigenvalue weighted by Gasteiger charge is 1.99. The van der Waals surface area contributed by atoms with E-state index in [1.54, 1.807) is 0 Å². The fourth-order valence-electron chi connectivity index (χ4n) is 8.31. The zero-order valence-corrected chi connectivity index (χ0v) is 36.1. The first-order chi connectivity index (χ1) is 25.4. The molecule has 0 aliphatic heterocycles. The van der Waals surface area contributed by atoms with E-state index in [1.807, 2.05) is 0 Å². The summed E-state index contributed by atoms with van der Waals surface area (Å²) in [5.41, 5.74) is 0. The lowest BCUT2D eigenvalue weighted by Crippen LogP contribution is -1.85. The minimum absolute atomic E-state index is 0.125. The van der Waals surface area contributed by atoms with E-state index in [2.05, 4.69) is 6.92 Å². The van der Waals surface area contributed by atoms with Crippen molar-refractivity contribution < 1.29 is 5.11 Å². The van der Waals surface area contributed by atoms with Crippen LogP contribution < -0.4 is 0 Å². The molecule has 0 aromatic rings. The lowest BCUT2D eigenvalue weighted by atomic mass is 10.0. The third-order valence-electron chi connectivity index (χ3n) is 12.0. The average molecular weight is 718 g/mol.